The van der Waals surface area contributed by atoms with Crippen LogP contribution in [0.5, 0.6) is 0 Å². The normalized spacial score (nSPS) is 29.4. The number of likely N-dealkylation sites (tertiary alicyclic amines) is 1. The Morgan fingerprint density at radius 2 is 1.81 bits per heavy atom. The molecule has 0 unspecified atom stereocenters. The number of amides is 2. The number of nitrogens with zero attached hydrogens (tertiary/aromatic N) is 2. The van der Waals surface area contributed by atoms with E-state index in [1.807, 2.05) is 4.90 Å². The van der Waals surface area contributed by atoms with Crippen molar-refractivity contribution in [2.24, 2.45) is 23.5 Å². The highest BCUT2D eigenvalue weighted by Crippen LogP contribution is 2.44. The van der Waals surface area contributed by atoms with E-state index in [0.29, 0.717) is 34.7 Å². The molecule has 2 aromatic rings. The minimum Gasteiger partial charge on any atom is -0.349 e. The van der Waals surface area contributed by atoms with E-state index in [4.69, 9.17) is 5.73 Å². The zero-order valence-electron chi connectivity index (χ0n) is 17.3. The second-order valence-electron chi connectivity index (χ2n) is 9.11. The van der Waals surface area contributed by atoms with Gasteiger partial charge in [0.1, 0.15) is 5.82 Å². The van der Waals surface area contributed by atoms with Crippen LogP contribution >= 0.6 is 0 Å². The summed E-state index contributed by atoms with van der Waals surface area (Å²) in [5.41, 5.74) is 7.74. The standard InChI is InChI=1S/C24H27FN4O2/c25-17-3-1-2-15(10-17)21-9-6-16(11-27-21)23(30)28-18-7-4-14(5-8-18)24(31)29-12-19-20(13-29)22(19)26/h1-3,6,9-11,14,18-20,22H,4-5,7-8,12-13,26H2,(H,28,30)/t14?,18?,19-,20+,22-. The fraction of sp³-hybridized carbons (Fsp3) is 0.458. The second-order valence-corrected chi connectivity index (χ2v) is 9.11. The maximum Gasteiger partial charge on any atom is 0.253 e. The second kappa shape index (κ2) is 8.04. The summed E-state index contributed by atoms with van der Waals surface area (Å²) >= 11 is 0. The van der Waals surface area contributed by atoms with Crippen LogP contribution in [0.25, 0.3) is 11.3 Å². The largest absolute Gasteiger partial charge is 0.349 e. The molecule has 0 radical (unpaired) electrons. The van der Waals surface area contributed by atoms with Crippen molar-refractivity contribution in [3.63, 3.8) is 0 Å². The van der Waals surface area contributed by atoms with Gasteiger partial charge in [-0.2, -0.15) is 0 Å². The lowest BCUT2D eigenvalue weighted by Gasteiger charge is -2.31. The van der Waals surface area contributed by atoms with Gasteiger partial charge in [-0.15, -0.1) is 0 Å². The molecular formula is C24H27FN4O2. The van der Waals surface area contributed by atoms with E-state index in [-0.39, 0.29) is 29.6 Å². The molecular weight excluding hydrogens is 395 g/mol. The highest BCUT2D eigenvalue weighted by atomic mass is 19.1. The predicted octanol–water partition coefficient (Wildman–Crippen LogP) is 2.59. The Bertz CT molecular complexity index is 975. The molecule has 31 heavy (non-hydrogen) atoms. The minimum absolute atomic E-state index is 0.0640. The number of nitrogens with one attached hydrogen (secondary N) is 1. The summed E-state index contributed by atoms with van der Waals surface area (Å²) in [5.74, 6) is 0.874. The predicted molar refractivity (Wildman–Crippen MR) is 114 cm³/mol. The van der Waals surface area contributed by atoms with Gasteiger partial charge in [0.25, 0.3) is 5.91 Å². The number of hydrogen-bond acceptors (Lipinski definition) is 4. The molecule has 3 fully saturated rings. The first-order valence-corrected chi connectivity index (χ1v) is 11.1. The van der Waals surface area contributed by atoms with Gasteiger partial charge in [-0.05, 0) is 61.8 Å². The summed E-state index contributed by atoms with van der Waals surface area (Å²) in [7, 11) is 0. The molecule has 162 valence electrons. The molecule has 5 rings (SSSR count). The van der Waals surface area contributed by atoms with Gasteiger partial charge in [-0.1, -0.05) is 12.1 Å². The molecule has 0 spiro atoms. The van der Waals surface area contributed by atoms with Crippen molar-refractivity contribution in [1.29, 1.82) is 0 Å². The smallest absolute Gasteiger partial charge is 0.253 e. The zero-order valence-corrected chi connectivity index (χ0v) is 17.3. The van der Waals surface area contributed by atoms with Crippen molar-refractivity contribution in [1.82, 2.24) is 15.2 Å². The summed E-state index contributed by atoms with van der Waals surface area (Å²) in [6.45, 7) is 1.64. The molecule has 6 nitrogen and oxygen atoms in total. The lowest BCUT2D eigenvalue weighted by Crippen LogP contribution is -2.43. The van der Waals surface area contributed by atoms with Crippen molar-refractivity contribution >= 4 is 11.8 Å². The summed E-state index contributed by atoms with van der Waals surface area (Å²) in [6.07, 6.45) is 4.74. The van der Waals surface area contributed by atoms with Crippen molar-refractivity contribution in [3.05, 3.63) is 54.0 Å². The summed E-state index contributed by atoms with van der Waals surface area (Å²) in [4.78, 5) is 31.7. The first-order valence-electron chi connectivity index (χ1n) is 11.1. The van der Waals surface area contributed by atoms with E-state index in [1.165, 1.54) is 18.3 Å². The fourth-order valence-electron chi connectivity index (χ4n) is 5.11. The molecule has 1 aromatic heterocycles. The van der Waals surface area contributed by atoms with E-state index >= 15 is 0 Å². The van der Waals surface area contributed by atoms with Crippen LogP contribution in [-0.4, -0.2) is 46.9 Å². The Balaban J connectivity index is 1.12. The average molecular weight is 423 g/mol. The summed E-state index contributed by atoms with van der Waals surface area (Å²) in [5, 5.41) is 3.07. The third-order valence-electron chi connectivity index (χ3n) is 7.13. The maximum absolute atomic E-state index is 13.4. The molecule has 0 bridgehead atoms. The summed E-state index contributed by atoms with van der Waals surface area (Å²) in [6, 6.07) is 10.0. The lowest BCUT2D eigenvalue weighted by molar-refractivity contribution is -0.136. The Hall–Kier alpha value is -2.80. The molecule has 2 heterocycles. The van der Waals surface area contributed by atoms with Gasteiger partial charge in [0.15, 0.2) is 0 Å². The van der Waals surface area contributed by atoms with Crippen molar-refractivity contribution in [2.45, 2.75) is 37.8 Å². The van der Waals surface area contributed by atoms with Crippen LogP contribution in [0.15, 0.2) is 42.6 Å². The number of nitrogens with two attached hydrogens (primary N) is 1. The van der Waals surface area contributed by atoms with E-state index < -0.39 is 0 Å². The Kier molecular flexibility index (Phi) is 5.22. The van der Waals surface area contributed by atoms with Gasteiger partial charge in [0, 0.05) is 42.9 Å². The Morgan fingerprint density at radius 1 is 1.06 bits per heavy atom. The number of carbonyl (C=O) groups excluding carboxylic acids is 2. The number of piperidine rings is 1. The van der Waals surface area contributed by atoms with Gasteiger partial charge in [-0.3, -0.25) is 14.6 Å². The number of fused-ring (bicyclic) bond motifs is 1. The van der Waals surface area contributed by atoms with E-state index in [0.717, 1.165) is 38.8 Å². The molecule has 1 aliphatic heterocycles. The van der Waals surface area contributed by atoms with Gasteiger partial charge in [-0.25, -0.2) is 4.39 Å². The minimum atomic E-state index is -0.319. The molecule has 3 aliphatic rings. The van der Waals surface area contributed by atoms with Crippen LogP contribution in [0.2, 0.25) is 0 Å². The number of carbonyl (C=O) groups is 2. The number of hydrogen-bond donors (Lipinski definition) is 2. The van der Waals surface area contributed by atoms with Gasteiger partial charge >= 0.3 is 0 Å². The molecule has 1 aromatic carbocycles. The van der Waals surface area contributed by atoms with Crippen LogP contribution in [0.1, 0.15) is 36.0 Å². The third-order valence-corrected chi connectivity index (χ3v) is 7.13. The van der Waals surface area contributed by atoms with Crippen molar-refractivity contribution in [3.8, 4) is 11.3 Å². The van der Waals surface area contributed by atoms with Crippen LogP contribution in [0, 0.1) is 23.6 Å². The monoisotopic (exact) mass is 422 g/mol. The zero-order chi connectivity index (χ0) is 21.5. The number of rotatable bonds is 4. The molecule has 1 saturated heterocycles. The van der Waals surface area contributed by atoms with E-state index in [9.17, 15) is 14.0 Å². The first kappa shape index (κ1) is 20.1. The maximum atomic E-state index is 13.4. The number of benzene rings is 1. The molecule has 2 amide bonds. The van der Waals surface area contributed by atoms with E-state index in [2.05, 4.69) is 10.3 Å². The van der Waals surface area contributed by atoms with Crippen molar-refractivity contribution in [2.75, 3.05) is 13.1 Å². The number of halogens is 1. The van der Waals surface area contributed by atoms with Crippen molar-refractivity contribution < 1.29 is 14.0 Å². The molecule has 2 aliphatic carbocycles. The molecule has 2 saturated carbocycles. The Morgan fingerprint density at radius 3 is 2.45 bits per heavy atom. The third kappa shape index (κ3) is 4.06. The summed E-state index contributed by atoms with van der Waals surface area (Å²) < 4.78 is 13.4. The van der Waals surface area contributed by atoms with Crippen LogP contribution in [0.4, 0.5) is 4.39 Å². The molecule has 3 atom stereocenters. The highest BCUT2D eigenvalue weighted by molar-refractivity contribution is 5.94. The topological polar surface area (TPSA) is 88.3 Å². The molecule has 3 N–H and O–H groups in total. The SMILES string of the molecule is N[C@H]1[C@H]2CN(C(=O)C3CCC(NC(=O)c4ccc(-c5cccc(F)c5)nc4)CC3)C[C@@H]12. The van der Waals surface area contributed by atoms with Crippen LogP contribution in [0.3, 0.4) is 0 Å². The van der Waals surface area contributed by atoms with Gasteiger partial charge < -0.3 is 16.0 Å². The quantitative estimate of drug-likeness (QED) is 0.793. The fourth-order valence-corrected chi connectivity index (χ4v) is 5.11. The Labute approximate surface area is 181 Å². The first-order chi connectivity index (χ1) is 15.0. The highest BCUT2D eigenvalue weighted by Gasteiger charge is 2.55. The number of aromatic nitrogens is 1. The van der Waals surface area contributed by atoms with Crippen LogP contribution < -0.4 is 11.1 Å². The van der Waals surface area contributed by atoms with Gasteiger partial charge in [0.2, 0.25) is 5.91 Å². The van der Waals surface area contributed by atoms with Crippen LogP contribution in [-0.2, 0) is 4.79 Å². The number of pyridine rings is 1. The van der Waals surface area contributed by atoms with Gasteiger partial charge in [0.05, 0.1) is 11.3 Å². The average Bonchev–Trinajstić information content (AvgIpc) is 3.19. The lowest BCUT2D eigenvalue weighted by atomic mass is 9.85. The van der Waals surface area contributed by atoms with E-state index in [1.54, 1.807) is 24.3 Å². The molecule has 7 heteroatoms.